The number of nitrogens with zero attached hydrogens (tertiary/aromatic N) is 1. The van der Waals surface area contributed by atoms with Gasteiger partial charge in [0.15, 0.2) is 0 Å². The summed E-state index contributed by atoms with van der Waals surface area (Å²) >= 11 is 0. The molecule has 7 nitrogen and oxygen atoms in total. The van der Waals surface area contributed by atoms with Crippen LogP contribution in [0.3, 0.4) is 0 Å². The van der Waals surface area contributed by atoms with Crippen LogP contribution < -0.4 is 5.32 Å². The van der Waals surface area contributed by atoms with Crippen LogP contribution in [0.1, 0.15) is 44.7 Å². The SMILES string of the molecule is COC(=O)c1cc(NC(=O)C2CCCN(Cc3ccc(C)cc3)C2)cc(C(=O)OC)c1. The zero-order chi connectivity index (χ0) is 22.4. The van der Waals surface area contributed by atoms with Gasteiger partial charge in [-0.2, -0.15) is 0 Å². The number of ether oxygens (including phenoxy) is 2. The van der Waals surface area contributed by atoms with Crippen molar-refractivity contribution < 1.29 is 23.9 Å². The van der Waals surface area contributed by atoms with Crippen molar-refractivity contribution in [3.05, 3.63) is 64.7 Å². The Labute approximate surface area is 182 Å². The summed E-state index contributed by atoms with van der Waals surface area (Å²) in [6.07, 6.45) is 1.72. The Balaban J connectivity index is 1.70. The van der Waals surface area contributed by atoms with Crippen LogP contribution >= 0.6 is 0 Å². The number of carbonyl (C=O) groups excluding carboxylic acids is 3. The summed E-state index contributed by atoms with van der Waals surface area (Å²) in [6, 6.07) is 12.8. The van der Waals surface area contributed by atoms with Crippen molar-refractivity contribution in [1.82, 2.24) is 4.90 Å². The molecule has 1 saturated heterocycles. The van der Waals surface area contributed by atoms with Crippen LogP contribution in [0.15, 0.2) is 42.5 Å². The molecule has 1 N–H and O–H groups in total. The third-order valence-electron chi connectivity index (χ3n) is 5.45. The van der Waals surface area contributed by atoms with Crippen molar-refractivity contribution in [2.75, 3.05) is 32.6 Å². The average Bonchev–Trinajstić information content (AvgIpc) is 2.79. The average molecular weight is 424 g/mol. The van der Waals surface area contributed by atoms with Crippen LogP contribution in [0.4, 0.5) is 5.69 Å². The number of likely N-dealkylation sites (tertiary alicyclic amines) is 1. The molecule has 1 aliphatic heterocycles. The monoisotopic (exact) mass is 424 g/mol. The maximum atomic E-state index is 12.9. The van der Waals surface area contributed by atoms with E-state index in [0.29, 0.717) is 12.2 Å². The number of piperidine rings is 1. The smallest absolute Gasteiger partial charge is 0.337 e. The molecule has 0 aliphatic carbocycles. The van der Waals surface area contributed by atoms with Gasteiger partial charge in [0, 0.05) is 18.8 Å². The summed E-state index contributed by atoms with van der Waals surface area (Å²) in [5, 5.41) is 2.86. The van der Waals surface area contributed by atoms with Gasteiger partial charge in [-0.15, -0.1) is 0 Å². The lowest BCUT2D eigenvalue weighted by Gasteiger charge is -2.32. The Morgan fingerprint density at radius 3 is 2.19 bits per heavy atom. The molecule has 1 heterocycles. The molecule has 1 aliphatic rings. The van der Waals surface area contributed by atoms with Gasteiger partial charge >= 0.3 is 11.9 Å². The topological polar surface area (TPSA) is 84.9 Å². The van der Waals surface area contributed by atoms with Gasteiger partial charge in [-0.05, 0) is 50.1 Å². The number of methoxy groups -OCH3 is 2. The molecule has 1 fully saturated rings. The summed E-state index contributed by atoms with van der Waals surface area (Å²) in [5.74, 6) is -1.50. The number of rotatable bonds is 6. The summed E-state index contributed by atoms with van der Waals surface area (Å²) in [7, 11) is 2.52. The quantitative estimate of drug-likeness (QED) is 0.716. The zero-order valence-corrected chi connectivity index (χ0v) is 18.1. The second kappa shape index (κ2) is 10.2. The minimum absolute atomic E-state index is 0.133. The molecular weight excluding hydrogens is 396 g/mol. The van der Waals surface area contributed by atoms with Crippen molar-refractivity contribution in [3.63, 3.8) is 0 Å². The number of nitrogens with one attached hydrogen (secondary N) is 1. The predicted octanol–water partition coefficient (Wildman–Crippen LogP) is 3.42. The lowest BCUT2D eigenvalue weighted by atomic mass is 9.96. The first-order valence-electron chi connectivity index (χ1n) is 10.3. The van der Waals surface area contributed by atoms with Crippen molar-refractivity contribution in [2.45, 2.75) is 26.3 Å². The number of carbonyl (C=O) groups is 3. The summed E-state index contributed by atoms with van der Waals surface area (Å²) in [4.78, 5) is 39.1. The van der Waals surface area contributed by atoms with E-state index < -0.39 is 11.9 Å². The summed E-state index contributed by atoms with van der Waals surface area (Å²) in [6.45, 7) is 4.46. The van der Waals surface area contributed by atoms with Gasteiger partial charge in [0.1, 0.15) is 0 Å². The molecule has 31 heavy (non-hydrogen) atoms. The van der Waals surface area contributed by atoms with Crippen LogP contribution in [0.2, 0.25) is 0 Å². The number of hydrogen-bond donors (Lipinski definition) is 1. The Bertz CT molecular complexity index is 921. The standard InChI is InChI=1S/C24H28N2O5/c1-16-6-8-17(9-7-16)14-26-10-4-5-18(15-26)22(27)25-21-12-19(23(28)30-2)11-20(13-21)24(29)31-3/h6-9,11-13,18H,4-5,10,14-15H2,1-3H3,(H,25,27). The molecule has 2 aromatic carbocycles. The third-order valence-corrected chi connectivity index (χ3v) is 5.45. The van der Waals surface area contributed by atoms with Crippen LogP contribution in [0.25, 0.3) is 0 Å². The molecule has 7 heteroatoms. The molecule has 0 aromatic heterocycles. The van der Waals surface area contributed by atoms with E-state index in [2.05, 4.69) is 41.4 Å². The molecule has 0 radical (unpaired) electrons. The highest BCUT2D eigenvalue weighted by Crippen LogP contribution is 2.22. The van der Waals surface area contributed by atoms with E-state index in [-0.39, 0.29) is 23.0 Å². The second-order valence-corrected chi connectivity index (χ2v) is 7.83. The molecular formula is C24H28N2O5. The van der Waals surface area contributed by atoms with Gasteiger partial charge in [0.2, 0.25) is 5.91 Å². The lowest BCUT2D eigenvalue weighted by molar-refractivity contribution is -0.121. The predicted molar refractivity (Wildman–Crippen MR) is 117 cm³/mol. The number of aryl methyl sites for hydroxylation is 1. The van der Waals surface area contributed by atoms with Gasteiger partial charge in [-0.25, -0.2) is 9.59 Å². The Hall–Kier alpha value is -3.19. The lowest BCUT2D eigenvalue weighted by Crippen LogP contribution is -2.40. The Kier molecular flexibility index (Phi) is 7.41. The van der Waals surface area contributed by atoms with E-state index in [9.17, 15) is 14.4 Å². The molecule has 2 aromatic rings. The molecule has 0 spiro atoms. The highest BCUT2D eigenvalue weighted by molar-refractivity contribution is 6.00. The van der Waals surface area contributed by atoms with Gasteiger partial charge in [0.05, 0.1) is 31.3 Å². The Morgan fingerprint density at radius 2 is 1.61 bits per heavy atom. The summed E-state index contributed by atoms with van der Waals surface area (Å²) in [5.41, 5.74) is 3.15. The van der Waals surface area contributed by atoms with Crippen molar-refractivity contribution >= 4 is 23.5 Å². The fourth-order valence-electron chi connectivity index (χ4n) is 3.78. The number of hydrogen-bond acceptors (Lipinski definition) is 6. The first-order chi connectivity index (χ1) is 14.9. The van der Waals surface area contributed by atoms with E-state index in [0.717, 1.165) is 25.9 Å². The highest BCUT2D eigenvalue weighted by atomic mass is 16.5. The fraction of sp³-hybridized carbons (Fsp3) is 0.375. The molecule has 1 atom stereocenters. The van der Waals surface area contributed by atoms with Gasteiger partial charge in [-0.3, -0.25) is 9.69 Å². The van der Waals surface area contributed by atoms with E-state index >= 15 is 0 Å². The normalized spacial score (nSPS) is 16.4. The Morgan fingerprint density at radius 1 is 1.00 bits per heavy atom. The molecule has 3 rings (SSSR count). The molecule has 1 amide bonds. The maximum absolute atomic E-state index is 12.9. The molecule has 0 bridgehead atoms. The van der Waals surface area contributed by atoms with Crippen molar-refractivity contribution in [1.29, 1.82) is 0 Å². The van der Waals surface area contributed by atoms with Crippen LogP contribution in [0, 0.1) is 12.8 Å². The number of benzene rings is 2. The number of amides is 1. The van der Waals surface area contributed by atoms with E-state index in [1.165, 1.54) is 43.5 Å². The minimum Gasteiger partial charge on any atom is -0.465 e. The van der Waals surface area contributed by atoms with E-state index in [1.54, 1.807) is 0 Å². The van der Waals surface area contributed by atoms with Crippen LogP contribution in [0.5, 0.6) is 0 Å². The van der Waals surface area contributed by atoms with Gasteiger partial charge in [-0.1, -0.05) is 29.8 Å². The van der Waals surface area contributed by atoms with E-state index in [4.69, 9.17) is 9.47 Å². The number of esters is 2. The first kappa shape index (κ1) is 22.5. The summed E-state index contributed by atoms with van der Waals surface area (Å²) < 4.78 is 9.50. The molecule has 0 saturated carbocycles. The minimum atomic E-state index is -0.594. The highest BCUT2D eigenvalue weighted by Gasteiger charge is 2.26. The zero-order valence-electron chi connectivity index (χ0n) is 18.1. The van der Waals surface area contributed by atoms with Crippen LogP contribution in [-0.2, 0) is 20.8 Å². The number of anilines is 1. The van der Waals surface area contributed by atoms with Crippen LogP contribution in [-0.4, -0.2) is 50.1 Å². The largest absolute Gasteiger partial charge is 0.465 e. The van der Waals surface area contributed by atoms with Crippen molar-refractivity contribution in [2.24, 2.45) is 5.92 Å². The first-order valence-corrected chi connectivity index (χ1v) is 10.3. The van der Waals surface area contributed by atoms with E-state index in [1.807, 2.05) is 0 Å². The third kappa shape index (κ3) is 5.92. The molecule has 1 unspecified atom stereocenters. The second-order valence-electron chi connectivity index (χ2n) is 7.83. The molecule has 164 valence electrons. The maximum Gasteiger partial charge on any atom is 0.337 e. The fourth-order valence-corrected chi connectivity index (χ4v) is 3.78. The van der Waals surface area contributed by atoms with Crippen molar-refractivity contribution in [3.8, 4) is 0 Å². The van der Waals surface area contributed by atoms with Gasteiger partial charge < -0.3 is 14.8 Å². The van der Waals surface area contributed by atoms with Gasteiger partial charge in [0.25, 0.3) is 0 Å².